The predicted octanol–water partition coefficient (Wildman–Crippen LogP) is 2.68. The van der Waals surface area contributed by atoms with E-state index in [4.69, 9.17) is 0 Å². The molecule has 4 nitrogen and oxygen atoms in total. The number of rotatable bonds is 4. The van der Waals surface area contributed by atoms with Gasteiger partial charge in [-0.25, -0.2) is 0 Å². The number of aryl methyl sites for hydroxylation is 1. The minimum atomic E-state index is 0.346. The van der Waals surface area contributed by atoms with Crippen molar-refractivity contribution in [2.45, 2.75) is 33.7 Å². The summed E-state index contributed by atoms with van der Waals surface area (Å²) in [6, 6.07) is 0.346. The number of hydrogen-bond donors (Lipinski definition) is 1. The molecule has 0 aromatic carbocycles. The van der Waals surface area contributed by atoms with Gasteiger partial charge < -0.3 is 0 Å². The molecule has 2 aromatic heterocycles. The second kappa shape index (κ2) is 5.31. The molecule has 2 aromatic rings. The first-order valence-corrected chi connectivity index (χ1v) is 6.96. The zero-order valence-corrected chi connectivity index (χ0v) is 13.0. The van der Waals surface area contributed by atoms with Gasteiger partial charge in [0.05, 0.1) is 0 Å². The number of nitrogens with one attached hydrogen (secondary N) is 1. The van der Waals surface area contributed by atoms with E-state index in [2.05, 4.69) is 70.4 Å². The monoisotopic (exact) mass is 292 g/mol. The molecule has 0 radical (unpaired) electrons. The van der Waals surface area contributed by atoms with Crippen LogP contribution in [0.5, 0.6) is 0 Å². The molecule has 0 saturated heterocycles. The quantitative estimate of drug-likeness (QED) is 0.696. The van der Waals surface area contributed by atoms with Crippen molar-refractivity contribution in [3.05, 3.63) is 29.9 Å². The van der Waals surface area contributed by atoms with Crippen LogP contribution < -0.4 is 5.32 Å². The molecular formula is C14H17N4V-. The van der Waals surface area contributed by atoms with Crippen LogP contribution in [-0.4, -0.2) is 19.3 Å². The molecule has 0 unspecified atom stereocenters. The van der Waals surface area contributed by atoms with Crippen molar-refractivity contribution in [1.82, 2.24) is 14.5 Å². The SMILES string of the molecule is C=[C-]Nc1nc(C)nc2c1c([CH]=[V])c(C)n2C(C)C. The summed E-state index contributed by atoms with van der Waals surface area (Å²) in [5.74, 6) is 1.50. The summed E-state index contributed by atoms with van der Waals surface area (Å²) in [5, 5.41) is 4.01. The molecule has 0 bridgehead atoms. The van der Waals surface area contributed by atoms with Crippen LogP contribution in [-0.2, 0) is 17.0 Å². The van der Waals surface area contributed by atoms with Crippen molar-refractivity contribution < 1.29 is 17.0 Å². The van der Waals surface area contributed by atoms with E-state index in [0.29, 0.717) is 6.04 Å². The van der Waals surface area contributed by atoms with Gasteiger partial charge >= 0.3 is 122 Å². The Hall–Kier alpha value is -1.39. The van der Waals surface area contributed by atoms with Crippen LogP contribution in [0.15, 0.2) is 6.58 Å². The van der Waals surface area contributed by atoms with E-state index in [9.17, 15) is 0 Å². The minimum absolute atomic E-state index is 0.346. The van der Waals surface area contributed by atoms with E-state index in [-0.39, 0.29) is 0 Å². The number of fused-ring (bicyclic) bond motifs is 1. The van der Waals surface area contributed by atoms with E-state index in [0.717, 1.165) is 28.2 Å². The first-order valence-electron chi connectivity index (χ1n) is 6.15. The first kappa shape index (κ1) is 14.0. The van der Waals surface area contributed by atoms with Gasteiger partial charge in [0.25, 0.3) is 0 Å². The molecule has 2 rings (SSSR count). The number of nitrogens with zero attached hydrogens (tertiary/aromatic N) is 3. The van der Waals surface area contributed by atoms with Crippen LogP contribution in [0, 0.1) is 20.0 Å². The van der Waals surface area contributed by atoms with Crippen LogP contribution in [0.3, 0.4) is 0 Å². The van der Waals surface area contributed by atoms with Gasteiger partial charge in [0.2, 0.25) is 0 Å². The molecule has 0 aliphatic carbocycles. The Morgan fingerprint density at radius 3 is 2.58 bits per heavy atom. The Morgan fingerprint density at radius 1 is 1.37 bits per heavy atom. The molecule has 0 spiro atoms. The predicted molar refractivity (Wildman–Crippen MR) is 75.0 cm³/mol. The standard InChI is InChI=1S/C14H17N4.V/c1-7-15-13-12-9(4)10(5)18(8(2)3)14(12)17-11(6)16-13;/h4,8H,1H2,2-3,5-6H3,(H,15,16,17);/q-1;. The van der Waals surface area contributed by atoms with E-state index >= 15 is 0 Å². The van der Waals surface area contributed by atoms with Crippen molar-refractivity contribution in [3.8, 4) is 0 Å². The summed E-state index contributed by atoms with van der Waals surface area (Å²) < 4.78 is 4.27. The molecule has 0 amide bonds. The van der Waals surface area contributed by atoms with Gasteiger partial charge in [-0.05, 0) is 0 Å². The summed E-state index contributed by atoms with van der Waals surface area (Å²) in [7, 11) is 0. The Balaban J connectivity index is 2.96. The maximum absolute atomic E-state index is 4.61. The molecule has 0 aliphatic heterocycles. The Morgan fingerprint density at radius 2 is 2.05 bits per heavy atom. The van der Waals surface area contributed by atoms with Gasteiger partial charge in [0.15, 0.2) is 0 Å². The average molecular weight is 292 g/mol. The normalized spacial score (nSPS) is 10.9. The molecule has 1 N–H and O–H groups in total. The molecule has 0 aliphatic rings. The fourth-order valence-corrected chi connectivity index (χ4v) is 2.91. The third-order valence-electron chi connectivity index (χ3n) is 3.10. The van der Waals surface area contributed by atoms with Gasteiger partial charge in [0, 0.05) is 0 Å². The Kier molecular flexibility index (Phi) is 3.92. The van der Waals surface area contributed by atoms with E-state index in [1.807, 2.05) is 11.7 Å². The third-order valence-corrected chi connectivity index (χ3v) is 3.51. The molecule has 2 heterocycles. The third kappa shape index (κ3) is 2.26. The second-order valence-corrected chi connectivity index (χ2v) is 5.11. The molecule has 0 fully saturated rings. The van der Waals surface area contributed by atoms with Crippen molar-refractivity contribution in [2.75, 3.05) is 5.32 Å². The van der Waals surface area contributed by atoms with Crippen molar-refractivity contribution in [2.24, 2.45) is 0 Å². The van der Waals surface area contributed by atoms with Crippen LogP contribution in [0.2, 0.25) is 0 Å². The molecule has 5 heteroatoms. The van der Waals surface area contributed by atoms with Gasteiger partial charge in [-0.3, -0.25) is 0 Å². The fraction of sp³-hybridized carbons (Fsp3) is 0.357. The summed E-state index contributed by atoms with van der Waals surface area (Å²) in [6.45, 7) is 11.9. The zero-order valence-electron chi connectivity index (χ0n) is 11.7. The maximum atomic E-state index is 4.61. The summed E-state index contributed by atoms with van der Waals surface area (Å²) in [5.41, 5.74) is 3.29. The topological polar surface area (TPSA) is 42.7 Å². The van der Waals surface area contributed by atoms with E-state index in [1.165, 1.54) is 5.69 Å². The average Bonchev–Trinajstić information content (AvgIpc) is 2.61. The first-order chi connectivity index (χ1) is 9.01. The Labute approximate surface area is 122 Å². The van der Waals surface area contributed by atoms with E-state index in [1.54, 1.807) is 0 Å². The van der Waals surface area contributed by atoms with Crippen LogP contribution in [0.1, 0.15) is 37.0 Å². The van der Waals surface area contributed by atoms with E-state index < -0.39 is 0 Å². The number of hydrogen-bond acceptors (Lipinski definition) is 3. The number of aromatic nitrogens is 3. The van der Waals surface area contributed by atoms with Gasteiger partial charge in [-0.1, -0.05) is 0 Å². The van der Waals surface area contributed by atoms with Crippen LogP contribution in [0.25, 0.3) is 11.0 Å². The second-order valence-electron chi connectivity index (χ2n) is 4.71. The molecular weight excluding hydrogens is 275 g/mol. The summed E-state index contributed by atoms with van der Waals surface area (Å²) in [4.78, 5) is 9.05. The number of anilines is 1. The van der Waals surface area contributed by atoms with Crippen molar-refractivity contribution >= 4 is 21.6 Å². The van der Waals surface area contributed by atoms with Crippen LogP contribution >= 0.6 is 0 Å². The molecule has 0 atom stereocenters. The van der Waals surface area contributed by atoms with Crippen molar-refractivity contribution in [3.63, 3.8) is 0 Å². The van der Waals surface area contributed by atoms with Crippen LogP contribution in [0.4, 0.5) is 5.82 Å². The molecule has 19 heavy (non-hydrogen) atoms. The summed E-state index contributed by atoms with van der Waals surface area (Å²) >= 11 is 2.50. The summed E-state index contributed by atoms with van der Waals surface area (Å²) in [6.07, 6.45) is 2.69. The zero-order chi connectivity index (χ0) is 14.2. The van der Waals surface area contributed by atoms with Gasteiger partial charge in [-0.2, -0.15) is 0 Å². The molecule has 99 valence electrons. The fourth-order valence-electron chi connectivity index (χ4n) is 2.41. The molecule has 0 saturated carbocycles. The van der Waals surface area contributed by atoms with Gasteiger partial charge in [-0.15, -0.1) is 0 Å². The van der Waals surface area contributed by atoms with Crippen molar-refractivity contribution in [1.29, 1.82) is 0 Å². The Bertz CT molecular complexity index is 655. The van der Waals surface area contributed by atoms with Gasteiger partial charge in [0.1, 0.15) is 0 Å².